The second-order valence-electron chi connectivity index (χ2n) is 6.52. The van der Waals surface area contributed by atoms with Gasteiger partial charge in [-0.25, -0.2) is 9.97 Å². The third-order valence-electron chi connectivity index (χ3n) is 4.84. The number of amides is 1. The average molecular weight is 354 g/mol. The highest BCUT2D eigenvalue weighted by Crippen LogP contribution is 2.21. The Labute approximate surface area is 154 Å². The van der Waals surface area contributed by atoms with Crippen molar-refractivity contribution >= 4 is 11.9 Å². The normalized spacial score (nSPS) is 17.0. The van der Waals surface area contributed by atoms with Crippen molar-refractivity contribution in [2.75, 3.05) is 19.0 Å². The molecule has 0 spiro atoms. The molecule has 1 aliphatic heterocycles. The molecule has 0 aliphatic carbocycles. The quantitative estimate of drug-likeness (QED) is 0.860. The minimum atomic E-state index is 0.00597. The Morgan fingerprint density at radius 3 is 2.81 bits per heavy atom. The Morgan fingerprint density at radius 1 is 1.27 bits per heavy atom. The second-order valence-corrected chi connectivity index (χ2v) is 6.52. The molecule has 1 atom stereocenters. The highest BCUT2D eigenvalue weighted by molar-refractivity contribution is 5.92. The van der Waals surface area contributed by atoms with Crippen LogP contribution in [0.25, 0.3) is 0 Å². The molecule has 2 heterocycles. The molecule has 3 rings (SSSR count). The topological polar surface area (TPSA) is 67.4 Å². The number of nitrogens with one attached hydrogen (secondary N) is 1. The SMILES string of the molecule is CCC1CCCCN1C(=O)c1ccnc(NCc2ccc(OC)cc2)n1. The molecule has 1 aromatic heterocycles. The first-order valence-corrected chi connectivity index (χ1v) is 9.22. The Hall–Kier alpha value is -2.63. The van der Waals surface area contributed by atoms with E-state index in [1.54, 1.807) is 19.4 Å². The van der Waals surface area contributed by atoms with Crippen molar-refractivity contribution in [3.63, 3.8) is 0 Å². The summed E-state index contributed by atoms with van der Waals surface area (Å²) < 4.78 is 5.16. The van der Waals surface area contributed by atoms with Crippen molar-refractivity contribution in [3.8, 4) is 5.75 Å². The summed E-state index contributed by atoms with van der Waals surface area (Å²) in [7, 11) is 1.65. The lowest BCUT2D eigenvalue weighted by Gasteiger charge is -2.35. The van der Waals surface area contributed by atoms with E-state index in [4.69, 9.17) is 4.74 Å². The number of aromatic nitrogens is 2. The Morgan fingerprint density at radius 2 is 2.08 bits per heavy atom. The van der Waals surface area contributed by atoms with Crippen LogP contribution in [0.3, 0.4) is 0 Å². The van der Waals surface area contributed by atoms with Crippen LogP contribution in [-0.4, -0.2) is 40.5 Å². The predicted octanol–water partition coefficient (Wildman–Crippen LogP) is 3.50. The van der Waals surface area contributed by atoms with Crippen LogP contribution in [0.2, 0.25) is 0 Å². The Balaban J connectivity index is 1.66. The molecule has 1 amide bonds. The van der Waals surface area contributed by atoms with Gasteiger partial charge in [0.25, 0.3) is 5.91 Å². The molecule has 1 saturated heterocycles. The highest BCUT2D eigenvalue weighted by Gasteiger charge is 2.27. The fourth-order valence-corrected chi connectivity index (χ4v) is 3.33. The molecule has 2 aromatic rings. The number of rotatable bonds is 6. The van der Waals surface area contributed by atoms with E-state index >= 15 is 0 Å². The standard InChI is InChI=1S/C20H26N4O2/c1-3-16-6-4-5-13-24(16)19(25)18-11-12-21-20(23-18)22-14-15-7-9-17(26-2)10-8-15/h7-12,16H,3-6,13-14H2,1-2H3,(H,21,22,23). The van der Waals surface area contributed by atoms with Gasteiger partial charge in [-0.1, -0.05) is 19.1 Å². The second kappa shape index (κ2) is 8.65. The van der Waals surface area contributed by atoms with Crippen LogP contribution in [0.5, 0.6) is 5.75 Å². The summed E-state index contributed by atoms with van der Waals surface area (Å²) in [6.45, 7) is 3.54. The maximum atomic E-state index is 12.9. The number of nitrogens with zero attached hydrogens (tertiary/aromatic N) is 3. The zero-order valence-corrected chi connectivity index (χ0v) is 15.4. The number of methoxy groups -OCH3 is 1. The number of carbonyl (C=O) groups excluding carboxylic acids is 1. The van der Waals surface area contributed by atoms with Gasteiger partial charge in [0.1, 0.15) is 11.4 Å². The summed E-state index contributed by atoms with van der Waals surface area (Å²) in [6, 6.07) is 9.82. The molecule has 0 radical (unpaired) electrons. The smallest absolute Gasteiger partial charge is 0.272 e. The summed E-state index contributed by atoms with van der Waals surface area (Å²) >= 11 is 0. The Bertz CT molecular complexity index is 733. The van der Waals surface area contributed by atoms with Crippen LogP contribution in [0.1, 0.15) is 48.7 Å². The zero-order chi connectivity index (χ0) is 18.4. The molecular weight excluding hydrogens is 328 g/mol. The lowest BCUT2D eigenvalue weighted by molar-refractivity contribution is 0.0602. The summed E-state index contributed by atoms with van der Waals surface area (Å²) in [5.74, 6) is 1.30. The van der Waals surface area contributed by atoms with Gasteiger partial charge >= 0.3 is 0 Å². The molecule has 1 aliphatic rings. The van der Waals surface area contributed by atoms with Crippen molar-refractivity contribution < 1.29 is 9.53 Å². The van der Waals surface area contributed by atoms with Gasteiger partial charge in [0, 0.05) is 25.3 Å². The molecule has 138 valence electrons. The summed E-state index contributed by atoms with van der Waals surface area (Å²) in [5, 5.41) is 3.19. The first-order chi connectivity index (χ1) is 12.7. The lowest BCUT2D eigenvalue weighted by atomic mass is 9.99. The van der Waals surface area contributed by atoms with E-state index in [-0.39, 0.29) is 5.91 Å². The molecule has 0 bridgehead atoms. The first kappa shape index (κ1) is 18.2. The average Bonchev–Trinajstić information content (AvgIpc) is 2.72. The van der Waals surface area contributed by atoms with Crippen molar-refractivity contribution in [3.05, 3.63) is 47.8 Å². The number of likely N-dealkylation sites (tertiary alicyclic amines) is 1. The fraction of sp³-hybridized carbons (Fsp3) is 0.450. The zero-order valence-electron chi connectivity index (χ0n) is 15.4. The summed E-state index contributed by atoms with van der Waals surface area (Å²) in [6.07, 6.45) is 5.97. The van der Waals surface area contributed by atoms with Gasteiger partial charge in [0.15, 0.2) is 0 Å². The molecule has 6 heteroatoms. The number of hydrogen-bond acceptors (Lipinski definition) is 5. The van der Waals surface area contributed by atoms with Crippen LogP contribution < -0.4 is 10.1 Å². The largest absolute Gasteiger partial charge is 0.497 e. The van der Waals surface area contributed by atoms with E-state index in [1.165, 1.54) is 6.42 Å². The van der Waals surface area contributed by atoms with Crippen molar-refractivity contribution in [2.24, 2.45) is 0 Å². The summed E-state index contributed by atoms with van der Waals surface area (Å²) in [5.41, 5.74) is 1.55. The van der Waals surface area contributed by atoms with Crippen molar-refractivity contribution in [2.45, 2.75) is 45.2 Å². The number of ether oxygens (including phenoxy) is 1. The van der Waals surface area contributed by atoms with Gasteiger partial charge in [0.05, 0.1) is 7.11 Å². The van der Waals surface area contributed by atoms with E-state index < -0.39 is 0 Å². The maximum absolute atomic E-state index is 12.9. The monoisotopic (exact) mass is 354 g/mol. The van der Waals surface area contributed by atoms with E-state index in [0.717, 1.165) is 37.1 Å². The molecule has 1 N–H and O–H groups in total. The van der Waals surface area contributed by atoms with Gasteiger partial charge in [0.2, 0.25) is 5.95 Å². The van der Waals surface area contributed by atoms with Gasteiger partial charge in [-0.05, 0) is 49.4 Å². The van der Waals surface area contributed by atoms with Crippen LogP contribution in [0.15, 0.2) is 36.5 Å². The van der Waals surface area contributed by atoms with Crippen molar-refractivity contribution in [1.82, 2.24) is 14.9 Å². The minimum absolute atomic E-state index is 0.00597. The molecule has 1 unspecified atom stereocenters. The molecule has 1 aromatic carbocycles. The molecule has 26 heavy (non-hydrogen) atoms. The van der Waals surface area contributed by atoms with Gasteiger partial charge in [-0.15, -0.1) is 0 Å². The van der Waals surface area contributed by atoms with Crippen LogP contribution in [-0.2, 0) is 6.54 Å². The molecule has 0 saturated carbocycles. The van der Waals surface area contributed by atoms with Crippen molar-refractivity contribution in [1.29, 1.82) is 0 Å². The van der Waals surface area contributed by atoms with Crippen LogP contribution >= 0.6 is 0 Å². The first-order valence-electron chi connectivity index (χ1n) is 9.22. The predicted molar refractivity (Wildman–Crippen MR) is 101 cm³/mol. The molecular formula is C20H26N4O2. The van der Waals surface area contributed by atoms with E-state index in [0.29, 0.717) is 24.2 Å². The van der Waals surface area contributed by atoms with Crippen LogP contribution in [0, 0.1) is 0 Å². The van der Waals surface area contributed by atoms with E-state index in [9.17, 15) is 4.79 Å². The Kier molecular flexibility index (Phi) is 6.04. The number of piperidine rings is 1. The van der Waals surface area contributed by atoms with Crippen LogP contribution in [0.4, 0.5) is 5.95 Å². The maximum Gasteiger partial charge on any atom is 0.272 e. The number of benzene rings is 1. The minimum Gasteiger partial charge on any atom is -0.497 e. The van der Waals surface area contributed by atoms with Gasteiger partial charge < -0.3 is 15.0 Å². The molecule has 1 fully saturated rings. The third kappa shape index (κ3) is 4.31. The fourth-order valence-electron chi connectivity index (χ4n) is 3.33. The van der Waals surface area contributed by atoms with Gasteiger partial charge in [-0.3, -0.25) is 4.79 Å². The highest BCUT2D eigenvalue weighted by atomic mass is 16.5. The molecule has 6 nitrogen and oxygen atoms in total. The number of carbonyl (C=O) groups is 1. The third-order valence-corrected chi connectivity index (χ3v) is 4.84. The van der Waals surface area contributed by atoms with Gasteiger partial charge in [-0.2, -0.15) is 0 Å². The number of hydrogen-bond donors (Lipinski definition) is 1. The summed E-state index contributed by atoms with van der Waals surface area (Å²) in [4.78, 5) is 23.5. The lowest BCUT2D eigenvalue weighted by Crippen LogP contribution is -2.43. The van der Waals surface area contributed by atoms with E-state index in [2.05, 4.69) is 22.2 Å². The van der Waals surface area contributed by atoms with E-state index in [1.807, 2.05) is 29.2 Å². The number of anilines is 1.